The molecule has 3 N–H and O–H groups in total. The number of fused-ring (bicyclic) bond motifs is 3. The summed E-state index contributed by atoms with van der Waals surface area (Å²) < 4.78 is 11.3. The van der Waals surface area contributed by atoms with Crippen molar-refractivity contribution in [2.24, 2.45) is 0 Å². The second-order valence-electron chi connectivity index (χ2n) is 7.43. The summed E-state index contributed by atoms with van der Waals surface area (Å²) in [5.41, 5.74) is 0.810. The molecule has 3 aromatic carbocycles. The number of ether oxygens (including phenoxy) is 1. The van der Waals surface area contributed by atoms with E-state index in [-0.39, 0.29) is 45.2 Å². The lowest BCUT2D eigenvalue weighted by molar-refractivity contribution is -0.135. The molecule has 160 valence electrons. The molecule has 0 saturated carbocycles. The van der Waals surface area contributed by atoms with Crippen molar-refractivity contribution >= 4 is 28.5 Å². The molecule has 1 atom stereocenters. The summed E-state index contributed by atoms with van der Waals surface area (Å²) in [6, 6.07) is 14.6. The lowest BCUT2D eigenvalue weighted by atomic mass is 9.84. The van der Waals surface area contributed by atoms with Gasteiger partial charge in [-0.05, 0) is 17.7 Å². The maximum absolute atomic E-state index is 12.9. The Morgan fingerprint density at radius 1 is 0.938 bits per heavy atom. The van der Waals surface area contributed by atoms with E-state index in [4.69, 9.17) is 20.8 Å². The number of phenols is 3. The lowest BCUT2D eigenvalue weighted by Gasteiger charge is -2.27. The van der Waals surface area contributed by atoms with Gasteiger partial charge in [-0.25, -0.2) is 0 Å². The van der Waals surface area contributed by atoms with Gasteiger partial charge in [0.2, 0.25) is 5.75 Å². The van der Waals surface area contributed by atoms with E-state index in [2.05, 4.69) is 0 Å². The number of carbonyl (C=O) groups excluding carboxylic acids is 1. The van der Waals surface area contributed by atoms with Crippen molar-refractivity contribution in [2.75, 3.05) is 0 Å². The normalized spacial score (nSPS) is 15.4. The summed E-state index contributed by atoms with van der Waals surface area (Å²) >= 11 is 6.07. The third-order valence-corrected chi connectivity index (χ3v) is 5.78. The zero-order valence-corrected chi connectivity index (χ0v) is 17.1. The van der Waals surface area contributed by atoms with Crippen LogP contribution in [0.2, 0.25) is 5.02 Å². The molecular formula is C24H15ClO7. The molecule has 2 heterocycles. The van der Waals surface area contributed by atoms with Crippen LogP contribution in [-0.4, -0.2) is 21.3 Å². The monoisotopic (exact) mass is 450 g/mol. The molecule has 0 radical (unpaired) electrons. The van der Waals surface area contributed by atoms with Crippen molar-refractivity contribution in [3.05, 3.63) is 81.0 Å². The van der Waals surface area contributed by atoms with Crippen molar-refractivity contribution in [3.8, 4) is 34.3 Å². The fraction of sp³-hybridized carbons (Fsp3) is 0.0833. The Morgan fingerprint density at radius 3 is 2.41 bits per heavy atom. The van der Waals surface area contributed by atoms with Gasteiger partial charge in [-0.1, -0.05) is 48.0 Å². The van der Waals surface area contributed by atoms with Gasteiger partial charge in [-0.15, -0.1) is 0 Å². The van der Waals surface area contributed by atoms with Gasteiger partial charge in [0.25, 0.3) is 0 Å². The largest absolute Gasteiger partial charge is 0.506 e. The SMILES string of the molecule is O=C1C[C@@H](c2ccc(O)c(Cl)c2)c2c(c(O)c(O)c3c(=O)cc(-c4ccccc4)oc23)O1. The Kier molecular flexibility index (Phi) is 4.56. The fourth-order valence-electron chi connectivity index (χ4n) is 3.98. The first-order valence-electron chi connectivity index (χ1n) is 9.65. The number of benzene rings is 3. The number of rotatable bonds is 2. The average molecular weight is 451 g/mol. The quantitative estimate of drug-likeness (QED) is 0.231. The van der Waals surface area contributed by atoms with Crippen LogP contribution < -0.4 is 10.2 Å². The van der Waals surface area contributed by atoms with Crippen LogP contribution in [0, 0.1) is 0 Å². The minimum Gasteiger partial charge on any atom is -0.506 e. The first kappa shape index (κ1) is 20.0. The zero-order valence-electron chi connectivity index (χ0n) is 16.3. The molecular weight excluding hydrogens is 436 g/mol. The van der Waals surface area contributed by atoms with Gasteiger partial charge in [-0.2, -0.15) is 0 Å². The zero-order chi connectivity index (χ0) is 22.6. The Labute approximate surface area is 185 Å². The number of carbonyl (C=O) groups is 1. The van der Waals surface area contributed by atoms with Crippen LogP contribution in [0.4, 0.5) is 0 Å². The number of phenolic OH excluding ortho intramolecular Hbond substituents is 3. The molecule has 7 nitrogen and oxygen atoms in total. The van der Waals surface area contributed by atoms with Gasteiger partial charge in [0, 0.05) is 17.5 Å². The van der Waals surface area contributed by atoms with Crippen LogP contribution >= 0.6 is 11.6 Å². The van der Waals surface area contributed by atoms with E-state index in [0.717, 1.165) is 0 Å². The molecule has 0 spiro atoms. The van der Waals surface area contributed by atoms with Crippen molar-refractivity contribution in [3.63, 3.8) is 0 Å². The molecule has 4 aromatic rings. The number of hydrogen-bond donors (Lipinski definition) is 3. The van der Waals surface area contributed by atoms with E-state index < -0.39 is 28.8 Å². The van der Waals surface area contributed by atoms with Crippen LogP contribution in [0.1, 0.15) is 23.5 Å². The number of aromatic hydroxyl groups is 3. The summed E-state index contributed by atoms with van der Waals surface area (Å²) in [7, 11) is 0. The van der Waals surface area contributed by atoms with Gasteiger partial charge in [0.15, 0.2) is 16.9 Å². The topological polar surface area (TPSA) is 117 Å². The summed E-state index contributed by atoms with van der Waals surface area (Å²) in [6.07, 6.45) is -0.132. The molecule has 0 fully saturated rings. The second-order valence-corrected chi connectivity index (χ2v) is 7.83. The van der Waals surface area contributed by atoms with Crippen LogP contribution in [0.15, 0.2) is 63.8 Å². The minimum atomic E-state index is -0.732. The molecule has 1 aromatic heterocycles. The molecule has 0 unspecified atom stereocenters. The second kappa shape index (κ2) is 7.32. The van der Waals surface area contributed by atoms with Crippen molar-refractivity contribution in [1.82, 2.24) is 0 Å². The van der Waals surface area contributed by atoms with E-state index in [9.17, 15) is 24.9 Å². The van der Waals surface area contributed by atoms with Crippen LogP contribution in [0.5, 0.6) is 23.0 Å². The predicted octanol–water partition coefficient (Wildman–Crippen LogP) is 4.67. The highest BCUT2D eigenvalue weighted by molar-refractivity contribution is 6.32. The first-order valence-corrected chi connectivity index (χ1v) is 10.0. The molecule has 0 amide bonds. The van der Waals surface area contributed by atoms with Gasteiger partial charge in [0.05, 0.1) is 17.0 Å². The Balaban J connectivity index is 1.87. The van der Waals surface area contributed by atoms with Gasteiger partial charge in [0.1, 0.15) is 22.5 Å². The molecule has 0 saturated heterocycles. The van der Waals surface area contributed by atoms with Gasteiger partial charge in [-0.3, -0.25) is 9.59 Å². The Bertz CT molecular complexity index is 1460. The Morgan fingerprint density at radius 2 is 1.69 bits per heavy atom. The summed E-state index contributed by atoms with van der Waals surface area (Å²) in [6.45, 7) is 0. The summed E-state index contributed by atoms with van der Waals surface area (Å²) in [4.78, 5) is 25.3. The Hall–Kier alpha value is -3.97. The van der Waals surface area contributed by atoms with E-state index in [0.29, 0.717) is 11.1 Å². The minimum absolute atomic E-state index is 0.0108. The third-order valence-electron chi connectivity index (χ3n) is 5.48. The maximum atomic E-state index is 12.9. The molecule has 0 aliphatic carbocycles. The van der Waals surface area contributed by atoms with Gasteiger partial charge >= 0.3 is 5.97 Å². The first-order chi connectivity index (χ1) is 15.3. The summed E-state index contributed by atoms with van der Waals surface area (Å²) in [5, 5.41) is 30.7. The highest BCUT2D eigenvalue weighted by Crippen LogP contribution is 2.52. The van der Waals surface area contributed by atoms with E-state index >= 15 is 0 Å². The van der Waals surface area contributed by atoms with Gasteiger partial charge < -0.3 is 24.5 Å². The number of hydrogen-bond acceptors (Lipinski definition) is 7. The van der Waals surface area contributed by atoms with E-state index in [1.165, 1.54) is 18.2 Å². The fourth-order valence-corrected chi connectivity index (χ4v) is 4.17. The highest BCUT2D eigenvalue weighted by Gasteiger charge is 2.37. The molecule has 0 bridgehead atoms. The molecule has 1 aliphatic rings. The highest BCUT2D eigenvalue weighted by atomic mass is 35.5. The van der Waals surface area contributed by atoms with Crippen molar-refractivity contribution in [2.45, 2.75) is 12.3 Å². The predicted molar refractivity (Wildman–Crippen MR) is 116 cm³/mol. The number of esters is 1. The van der Waals surface area contributed by atoms with Crippen molar-refractivity contribution < 1.29 is 29.3 Å². The van der Waals surface area contributed by atoms with E-state index in [1.807, 2.05) is 6.07 Å². The lowest BCUT2D eigenvalue weighted by Crippen LogP contribution is -2.22. The standard InChI is InChI=1S/C24H15ClO7/c25-14-8-12(6-7-15(14)26)13-9-18(28)32-24-19(13)23-20(21(29)22(24)30)16(27)10-17(31-23)11-4-2-1-3-5-11/h1-8,10,13,26,29-30H,9H2/t13-/m0/s1. The molecule has 8 heteroatoms. The van der Waals surface area contributed by atoms with Crippen LogP contribution in [-0.2, 0) is 4.79 Å². The smallest absolute Gasteiger partial charge is 0.312 e. The maximum Gasteiger partial charge on any atom is 0.312 e. The molecule has 5 rings (SSSR count). The number of halogens is 1. The van der Waals surface area contributed by atoms with Crippen LogP contribution in [0.3, 0.4) is 0 Å². The van der Waals surface area contributed by atoms with E-state index in [1.54, 1.807) is 30.3 Å². The van der Waals surface area contributed by atoms with Crippen LogP contribution in [0.25, 0.3) is 22.3 Å². The third kappa shape index (κ3) is 3.06. The molecule has 1 aliphatic heterocycles. The molecule has 32 heavy (non-hydrogen) atoms. The summed E-state index contributed by atoms with van der Waals surface area (Å²) in [5.74, 6) is -3.00. The van der Waals surface area contributed by atoms with Crippen molar-refractivity contribution in [1.29, 1.82) is 0 Å². The average Bonchev–Trinajstić information content (AvgIpc) is 2.79.